The van der Waals surface area contributed by atoms with Gasteiger partial charge >= 0.3 is 0 Å². The van der Waals surface area contributed by atoms with Crippen LogP contribution in [0.3, 0.4) is 0 Å². The molecule has 0 saturated carbocycles. The van der Waals surface area contributed by atoms with Crippen LogP contribution in [0.2, 0.25) is 5.02 Å². The third-order valence-electron chi connectivity index (χ3n) is 2.62. The molecule has 0 radical (unpaired) electrons. The van der Waals surface area contributed by atoms with E-state index in [1.54, 1.807) is 0 Å². The standard InChI is InChI=1S/C11H14ClNO/c1-7-4-5-8(12)10-9(13)3-2-6-14-11(7)10/h4-5,9H,2-3,6,13H2,1H3/t9-/m1/s1. The predicted molar refractivity (Wildman–Crippen MR) is 57.8 cm³/mol. The Morgan fingerprint density at radius 3 is 3.07 bits per heavy atom. The van der Waals surface area contributed by atoms with Gasteiger partial charge in [-0.1, -0.05) is 17.7 Å². The van der Waals surface area contributed by atoms with Crippen LogP contribution in [0, 0.1) is 6.92 Å². The number of aryl methyl sites for hydroxylation is 1. The topological polar surface area (TPSA) is 35.2 Å². The fourth-order valence-electron chi connectivity index (χ4n) is 1.84. The van der Waals surface area contributed by atoms with E-state index in [9.17, 15) is 0 Å². The summed E-state index contributed by atoms with van der Waals surface area (Å²) in [5.41, 5.74) is 8.14. The lowest BCUT2D eigenvalue weighted by Gasteiger charge is -2.15. The molecule has 0 fully saturated rings. The molecule has 3 heteroatoms. The van der Waals surface area contributed by atoms with Crippen molar-refractivity contribution in [2.24, 2.45) is 5.73 Å². The Labute approximate surface area is 89.0 Å². The fraction of sp³-hybridized carbons (Fsp3) is 0.455. The van der Waals surface area contributed by atoms with Crippen molar-refractivity contribution in [1.82, 2.24) is 0 Å². The first-order valence-electron chi connectivity index (χ1n) is 4.87. The molecule has 14 heavy (non-hydrogen) atoms. The monoisotopic (exact) mass is 211 g/mol. The molecular weight excluding hydrogens is 198 g/mol. The number of nitrogens with two attached hydrogens (primary N) is 1. The van der Waals surface area contributed by atoms with Gasteiger partial charge < -0.3 is 10.5 Å². The van der Waals surface area contributed by atoms with Crippen molar-refractivity contribution in [3.63, 3.8) is 0 Å². The molecule has 76 valence electrons. The van der Waals surface area contributed by atoms with Gasteiger partial charge in [0, 0.05) is 16.6 Å². The van der Waals surface area contributed by atoms with Crippen LogP contribution in [0.15, 0.2) is 12.1 Å². The summed E-state index contributed by atoms with van der Waals surface area (Å²) in [6, 6.07) is 3.88. The number of hydrogen-bond acceptors (Lipinski definition) is 2. The molecule has 2 rings (SSSR count). The molecule has 1 aliphatic heterocycles. The van der Waals surface area contributed by atoms with E-state index < -0.39 is 0 Å². The zero-order valence-electron chi connectivity index (χ0n) is 8.22. The predicted octanol–water partition coefficient (Wildman–Crippen LogP) is 2.82. The molecule has 2 N–H and O–H groups in total. The molecule has 1 heterocycles. The van der Waals surface area contributed by atoms with Gasteiger partial charge in [-0.15, -0.1) is 0 Å². The van der Waals surface area contributed by atoms with Gasteiger partial charge in [0.15, 0.2) is 0 Å². The molecule has 0 saturated heterocycles. The summed E-state index contributed by atoms with van der Waals surface area (Å²) < 4.78 is 5.67. The van der Waals surface area contributed by atoms with Crippen LogP contribution in [0.25, 0.3) is 0 Å². The van der Waals surface area contributed by atoms with Crippen molar-refractivity contribution in [1.29, 1.82) is 0 Å². The lowest BCUT2D eigenvalue weighted by Crippen LogP contribution is -2.10. The first-order chi connectivity index (χ1) is 6.70. The molecule has 0 unspecified atom stereocenters. The van der Waals surface area contributed by atoms with Crippen LogP contribution in [0.1, 0.15) is 30.0 Å². The Morgan fingerprint density at radius 1 is 1.50 bits per heavy atom. The second kappa shape index (κ2) is 3.79. The van der Waals surface area contributed by atoms with Crippen LogP contribution >= 0.6 is 11.6 Å². The minimum atomic E-state index is 0.0138. The minimum absolute atomic E-state index is 0.0138. The minimum Gasteiger partial charge on any atom is -0.493 e. The lowest BCUT2D eigenvalue weighted by molar-refractivity contribution is 0.314. The van der Waals surface area contributed by atoms with Crippen molar-refractivity contribution in [3.8, 4) is 5.75 Å². The molecule has 0 bridgehead atoms. The summed E-state index contributed by atoms with van der Waals surface area (Å²) >= 11 is 6.12. The van der Waals surface area contributed by atoms with Gasteiger partial charge in [-0.2, -0.15) is 0 Å². The highest BCUT2D eigenvalue weighted by Gasteiger charge is 2.20. The highest BCUT2D eigenvalue weighted by atomic mass is 35.5. The van der Waals surface area contributed by atoms with Gasteiger partial charge in [0.1, 0.15) is 5.75 Å². The van der Waals surface area contributed by atoms with Gasteiger partial charge in [-0.3, -0.25) is 0 Å². The smallest absolute Gasteiger partial charge is 0.128 e. The fourth-order valence-corrected chi connectivity index (χ4v) is 2.13. The summed E-state index contributed by atoms with van der Waals surface area (Å²) in [4.78, 5) is 0. The van der Waals surface area contributed by atoms with E-state index in [1.807, 2.05) is 19.1 Å². The van der Waals surface area contributed by atoms with Crippen molar-refractivity contribution >= 4 is 11.6 Å². The van der Waals surface area contributed by atoms with Crippen molar-refractivity contribution in [2.75, 3.05) is 6.61 Å². The zero-order chi connectivity index (χ0) is 10.1. The van der Waals surface area contributed by atoms with Crippen LogP contribution in [-0.2, 0) is 0 Å². The SMILES string of the molecule is Cc1ccc(Cl)c2c1OCCC[C@H]2N. The normalized spacial score (nSPS) is 20.9. The van der Waals surface area contributed by atoms with E-state index in [0.29, 0.717) is 0 Å². The molecule has 0 amide bonds. The number of fused-ring (bicyclic) bond motifs is 1. The van der Waals surface area contributed by atoms with Gasteiger partial charge in [-0.05, 0) is 31.4 Å². The maximum absolute atomic E-state index is 6.12. The number of hydrogen-bond donors (Lipinski definition) is 1. The molecule has 0 spiro atoms. The molecular formula is C11H14ClNO. The number of halogens is 1. The number of rotatable bonds is 0. The van der Waals surface area contributed by atoms with Gasteiger partial charge in [0.05, 0.1) is 6.61 Å². The maximum atomic E-state index is 6.12. The quantitative estimate of drug-likeness (QED) is 0.716. The maximum Gasteiger partial charge on any atom is 0.128 e. The van der Waals surface area contributed by atoms with E-state index in [-0.39, 0.29) is 6.04 Å². The van der Waals surface area contributed by atoms with Crippen molar-refractivity contribution in [2.45, 2.75) is 25.8 Å². The van der Waals surface area contributed by atoms with Gasteiger partial charge in [-0.25, -0.2) is 0 Å². The van der Waals surface area contributed by atoms with Crippen LogP contribution in [0.5, 0.6) is 5.75 Å². The first kappa shape index (κ1) is 9.81. The van der Waals surface area contributed by atoms with Crippen molar-refractivity contribution in [3.05, 3.63) is 28.3 Å². The molecule has 1 aromatic rings. The molecule has 0 aliphatic carbocycles. The largest absolute Gasteiger partial charge is 0.493 e. The lowest BCUT2D eigenvalue weighted by atomic mass is 10.0. The van der Waals surface area contributed by atoms with Crippen LogP contribution in [0.4, 0.5) is 0 Å². The third-order valence-corrected chi connectivity index (χ3v) is 2.95. The van der Waals surface area contributed by atoms with Crippen LogP contribution in [-0.4, -0.2) is 6.61 Å². The Bertz CT molecular complexity index is 351. The summed E-state index contributed by atoms with van der Waals surface area (Å²) in [7, 11) is 0. The average molecular weight is 212 g/mol. The summed E-state index contributed by atoms with van der Waals surface area (Å²) in [6.45, 7) is 2.76. The van der Waals surface area contributed by atoms with E-state index >= 15 is 0 Å². The second-order valence-corrected chi connectivity index (χ2v) is 4.11. The van der Waals surface area contributed by atoms with E-state index in [2.05, 4.69) is 0 Å². The van der Waals surface area contributed by atoms with E-state index in [0.717, 1.165) is 41.3 Å². The number of ether oxygens (including phenoxy) is 1. The Hall–Kier alpha value is -0.730. The zero-order valence-corrected chi connectivity index (χ0v) is 8.97. The second-order valence-electron chi connectivity index (χ2n) is 3.70. The van der Waals surface area contributed by atoms with E-state index in [1.165, 1.54) is 0 Å². The molecule has 1 aliphatic rings. The molecule has 1 atom stereocenters. The number of benzene rings is 1. The summed E-state index contributed by atoms with van der Waals surface area (Å²) in [6.07, 6.45) is 1.93. The third kappa shape index (κ3) is 1.60. The van der Waals surface area contributed by atoms with Crippen molar-refractivity contribution < 1.29 is 4.74 Å². The molecule has 0 aromatic heterocycles. The molecule has 1 aromatic carbocycles. The Kier molecular flexibility index (Phi) is 2.66. The van der Waals surface area contributed by atoms with Gasteiger partial charge in [0.2, 0.25) is 0 Å². The highest BCUT2D eigenvalue weighted by Crippen LogP contribution is 2.37. The first-order valence-corrected chi connectivity index (χ1v) is 5.25. The summed E-state index contributed by atoms with van der Waals surface area (Å²) in [5.74, 6) is 0.891. The Balaban J connectivity index is 2.57. The van der Waals surface area contributed by atoms with Crippen LogP contribution < -0.4 is 10.5 Å². The molecule has 2 nitrogen and oxygen atoms in total. The van der Waals surface area contributed by atoms with Gasteiger partial charge in [0.25, 0.3) is 0 Å². The van der Waals surface area contributed by atoms with E-state index in [4.69, 9.17) is 22.1 Å². The Morgan fingerprint density at radius 2 is 2.29 bits per heavy atom. The average Bonchev–Trinajstić information content (AvgIpc) is 2.35. The summed E-state index contributed by atoms with van der Waals surface area (Å²) in [5, 5.41) is 0.722. The highest BCUT2D eigenvalue weighted by molar-refractivity contribution is 6.31.